The fourth-order valence-electron chi connectivity index (χ4n) is 3.57. The van der Waals surface area contributed by atoms with Crippen molar-refractivity contribution in [3.63, 3.8) is 0 Å². The van der Waals surface area contributed by atoms with Gasteiger partial charge in [0.15, 0.2) is 9.84 Å². The van der Waals surface area contributed by atoms with Crippen LogP contribution >= 0.6 is 0 Å². The highest BCUT2D eigenvalue weighted by Gasteiger charge is 2.34. The number of nitrogens with one attached hydrogen (secondary N) is 3. The van der Waals surface area contributed by atoms with Crippen molar-refractivity contribution in [2.75, 3.05) is 18.2 Å². The highest BCUT2D eigenvalue weighted by Crippen LogP contribution is 2.26. The van der Waals surface area contributed by atoms with Crippen LogP contribution in [0.1, 0.15) is 43.2 Å². The Labute approximate surface area is 208 Å². The van der Waals surface area contributed by atoms with E-state index in [1.165, 1.54) is 18.3 Å². The molecule has 2 heterocycles. The summed E-state index contributed by atoms with van der Waals surface area (Å²) in [6.45, 7) is 3.61. The lowest BCUT2D eigenvalue weighted by Crippen LogP contribution is -2.61. The number of benzene rings is 2. The molecule has 190 valence electrons. The molecule has 3 aromatic rings. The monoisotopic (exact) mass is 514 g/mol. The smallest absolute Gasteiger partial charge is 0.266 e. The quantitative estimate of drug-likeness (QED) is 0.317. The third kappa shape index (κ3) is 5.61. The molecule has 0 radical (unpaired) electrons. The van der Waals surface area contributed by atoms with Crippen LogP contribution in [0.5, 0.6) is 0 Å². The maximum atomic E-state index is 14.6. The summed E-state index contributed by atoms with van der Waals surface area (Å²) in [4.78, 5) is 4.17. The van der Waals surface area contributed by atoms with Crippen molar-refractivity contribution in [2.45, 2.75) is 36.6 Å². The number of aliphatic imine (C=N–C) groups is 1. The van der Waals surface area contributed by atoms with Crippen molar-refractivity contribution in [3.05, 3.63) is 77.9 Å². The number of rotatable bonds is 9. The molecule has 1 unspecified atom stereocenters. The molecular formula is C24H27FN6O4S. The SMILES string of the molecule is CC(C)c1nnc(C2=CNC(Nc3ccc(S(C)(=O)=O)c(F)c3)(N[C@H](CO)c3ccccc3)N=C2)o1. The van der Waals surface area contributed by atoms with Gasteiger partial charge in [-0.05, 0) is 23.8 Å². The summed E-state index contributed by atoms with van der Waals surface area (Å²) in [5, 5.41) is 27.6. The lowest BCUT2D eigenvalue weighted by atomic mass is 10.1. The highest BCUT2D eigenvalue weighted by molar-refractivity contribution is 7.90. The van der Waals surface area contributed by atoms with E-state index in [1.54, 1.807) is 6.20 Å². The Morgan fingerprint density at radius 3 is 2.47 bits per heavy atom. The van der Waals surface area contributed by atoms with E-state index in [9.17, 15) is 17.9 Å². The van der Waals surface area contributed by atoms with Gasteiger partial charge in [0.1, 0.15) is 10.7 Å². The first-order chi connectivity index (χ1) is 17.1. The van der Waals surface area contributed by atoms with E-state index in [-0.39, 0.29) is 24.1 Å². The minimum absolute atomic E-state index is 0.0590. The first-order valence-electron chi connectivity index (χ1n) is 11.2. The standard InChI is InChI=1S/C24H27FN6O4S/c1-15(2)22-30-31-23(35-22)17-12-26-24(27-13-17,29-20(14-32)16-7-5-4-6-8-16)28-18-9-10-21(19(25)11-18)36(3,33)34/h4-13,15,20,26,28-29,32H,14H2,1-3H3/t20-,24?/m1/s1. The normalized spacial score (nSPS) is 18.6. The average molecular weight is 515 g/mol. The van der Waals surface area contributed by atoms with Gasteiger partial charge in [0, 0.05) is 30.3 Å². The molecule has 1 aromatic heterocycles. The Morgan fingerprint density at radius 2 is 1.92 bits per heavy atom. The van der Waals surface area contributed by atoms with E-state index >= 15 is 0 Å². The zero-order valence-electron chi connectivity index (χ0n) is 19.9. The molecule has 36 heavy (non-hydrogen) atoms. The maximum absolute atomic E-state index is 14.6. The number of allylic oxidation sites excluding steroid dienone is 1. The topological polar surface area (TPSA) is 142 Å². The molecule has 1 aliphatic heterocycles. The minimum atomic E-state index is -3.73. The number of halogens is 1. The van der Waals surface area contributed by atoms with Crippen LogP contribution in [0.4, 0.5) is 10.1 Å². The second kappa shape index (κ2) is 10.2. The zero-order valence-corrected chi connectivity index (χ0v) is 20.8. The van der Waals surface area contributed by atoms with Gasteiger partial charge >= 0.3 is 0 Å². The van der Waals surface area contributed by atoms with Gasteiger partial charge in [-0.15, -0.1) is 10.2 Å². The fourth-order valence-corrected chi connectivity index (χ4v) is 4.30. The van der Waals surface area contributed by atoms with Crippen LogP contribution in [-0.4, -0.2) is 48.7 Å². The van der Waals surface area contributed by atoms with Crippen LogP contribution in [0.2, 0.25) is 0 Å². The Kier molecular flexibility index (Phi) is 7.20. The molecule has 1 aliphatic rings. The Balaban J connectivity index is 1.66. The van der Waals surface area contributed by atoms with E-state index in [4.69, 9.17) is 4.42 Å². The minimum Gasteiger partial charge on any atom is -0.420 e. The Hall–Kier alpha value is -3.61. The Bertz CT molecular complexity index is 1390. The Morgan fingerprint density at radius 1 is 1.17 bits per heavy atom. The van der Waals surface area contributed by atoms with E-state index in [0.29, 0.717) is 11.5 Å². The van der Waals surface area contributed by atoms with Crippen molar-refractivity contribution < 1.29 is 22.3 Å². The second-order valence-electron chi connectivity index (χ2n) is 8.65. The molecule has 0 aliphatic carbocycles. The predicted octanol–water partition coefficient (Wildman–Crippen LogP) is 2.80. The number of anilines is 1. The number of aromatic nitrogens is 2. The average Bonchev–Trinajstić information content (AvgIpc) is 3.34. The lowest BCUT2D eigenvalue weighted by molar-refractivity contribution is 0.201. The first-order valence-corrected chi connectivity index (χ1v) is 13.1. The van der Waals surface area contributed by atoms with Gasteiger partial charge in [-0.1, -0.05) is 44.2 Å². The fraction of sp³-hybridized carbons (Fsp3) is 0.292. The zero-order chi connectivity index (χ0) is 25.9. The highest BCUT2D eigenvalue weighted by atomic mass is 32.2. The van der Waals surface area contributed by atoms with Crippen LogP contribution < -0.4 is 16.0 Å². The summed E-state index contributed by atoms with van der Waals surface area (Å²) in [6, 6.07) is 12.4. The molecule has 0 spiro atoms. The molecule has 0 saturated carbocycles. The maximum Gasteiger partial charge on any atom is 0.266 e. The van der Waals surface area contributed by atoms with Crippen molar-refractivity contribution in [2.24, 2.45) is 4.99 Å². The molecule has 0 saturated heterocycles. The molecule has 2 aromatic carbocycles. The van der Waals surface area contributed by atoms with Crippen LogP contribution in [0.15, 0.2) is 69.0 Å². The van der Waals surface area contributed by atoms with E-state index in [1.807, 2.05) is 44.2 Å². The van der Waals surface area contributed by atoms with Gasteiger partial charge in [0.05, 0.1) is 18.2 Å². The summed E-state index contributed by atoms with van der Waals surface area (Å²) in [6.07, 6.45) is 4.05. The number of aliphatic hydroxyl groups is 1. The van der Waals surface area contributed by atoms with Gasteiger partial charge in [0.2, 0.25) is 5.89 Å². The summed E-state index contributed by atoms with van der Waals surface area (Å²) >= 11 is 0. The number of hydrogen-bond donors (Lipinski definition) is 4. The number of hydrogen-bond acceptors (Lipinski definition) is 10. The molecule has 12 heteroatoms. The van der Waals surface area contributed by atoms with Crippen LogP contribution in [0.3, 0.4) is 0 Å². The van der Waals surface area contributed by atoms with Crippen molar-refractivity contribution in [1.29, 1.82) is 0 Å². The molecule has 2 atom stereocenters. The summed E-state index contributed by atoms with van der Waals surface area (Å²) in [5.41, 5.74) is 1.57. The summed E-state index contributed by atoms with van der Waals surface area (Å²) in [5.74, 6) is -1.52. The van der Waals surface area contributed by atoms with E-state index < -0.39 is 32.5 Å². The van der Waals surface area contributed by atoms with Crippen molar-refractivity contribution >= 4 is 27.3 Å². The van der Waals surface area contributed by atoms with Gasteiger partial charge in [-0.25, -0.2) is 23.1 Å². The van der Waals surface area contributed by atoms with Crippen molar-refractivity contribution in [1.82, 2.24) is 20.8 Å². The third-order valence-corrected chi connectivity index (χ3v) is 6.57. The summed E-state index contributed by atoms with van der Waals surface area (Å²) in [7, 11) is -3.73. The first kappa shape index (κ1) is 25.5. The number of aliphatic hydroxyl groups excluding tert-OH is 1. The van der Waals surface area contributed by atoms with Gasteiger partial charge in [-0.3, -0.25) is 0 Å². The second-order valence-corrected chi connectivity index (χ2v) is 10.6. The molecule has 4 N–H and O–H groups in total. The number of sulfone groups is 1. The molecule has 0 fully saturated rings. The van der Waals surface area contributed by atoms with E-state index in [0.717, 1.165) is 17.9 Å². The molecule has 0 amide bonds. The van der Waals surface area contributed by atoms with Gasteiger partial charge < -0.3 is 20.2 Å². The molecular weight excluding hydrogens is 487 g/mol. The van der Waals surface area contributed by atoms with Crippen LogP contribution in [0.25, 0.3) is 5.57 Å². The third-order valence-electron chi connectivity index (χ3n) is 5.44. The molecule has 0 bridgehead atoms. The lowest BCUT2D eigenvalue weighted by Gasteiger charge is -2.37. The predicted molar refractivity (Wildman–Crippen MR) is 133 cm³/mol. The van der Waals surface area contributed by atoms with Gasteiger partial charge in [0.25, 0.3) is 11.8 Å². The van der Waals surface area contributed by atoms with Crippen LogP contribution in [0, 0.1) is 5.82 Å². The van der Waals surface area contributed by atoms with Crippen LogP contribution in [-0.2, 0) is 9.84 Å². The summed E-state index contributed by atoms with van der Waals surface area (Å²) < 4.78 is 43.9. The van der Waals surface area contributed by atoms with Gasteiger partial charge in [-0.2, -0.15) is 0 Å². The molecule has 4 rings (SSSR count). The van der Waals surface area contributed by atoms with E-state index in [2.05, 4.69) is 31.1 Å². The molecule has 10 nitrogen and oxygen atoms in total. The largest absolute Gasteiger partial charge is 0.420 e. The number of nitrogens with zero attached hydrogens (tertiary/aromatic N) is 3. The van der Waals surface area contributed by atoms with Crippen molar-refractivity contribution in [3.8, 4) is 0 Å².